The van der Waals surface area contributed by atoms with Crippen LogP contribution < -0.4 is 9.47 Å². The molecule has 10 heteroatoms. The molecule has 3 aromatic carbocycles. The molecule has 5 aromatic rings. The van der Waals surface area contributed by atoms with Gasteiger partial charge in [-0.15, -0.1) is 0 Å². The molecule has 1 atom stereocenters. The standard InChI is InChI=1S/C36H32ClN5O4/c1-23-27(5-4-6-29(23)26-8-9-31-32(15-26)41-11-10-40-31)22-46-35-16-34(45-21-25-13-24(17-38)18-39-19-25)28(14-30(35)37)20-42-12-3-2-7-33(42)36(43)44/h4-6,8-11,13-16,18-19,33H,2-3,7,12,20-22H2,1H3,(H,43,44)/t33-/m1/s1. The Bertz CT molecular complexity index is 1940. The van der Waals surface area contributed by atoms with E-state index in [-0.39, 0.29) is 13.2 Å². The molecule has 1 aliphatic rings. The molecule has 0 amide bonds. The van der Waals surface area contributed by atoms with Crippen molar-refractivity contribution in [1.82, 2.24) is 19.9 Å². The first-order chi connectivity index (χ1) is 22.4. The van der Waals surface area contributed by atoms with Crippen molar-refractivity contribution in [2.45, 2.75) is 52.0 Å². The lowest BCUT2D eigenvalue weighted by atomic mass is 9.96. The Balaban J connectivity index is 1.26. The lowest BCUT2D eigenvalue weighted by Gasteiger charge is -2.33. The van der Waals surface area contributed by atoms with Gasteiger partial charge in [0.15, 0.2) is 0 Å². The van der Waals surface area contributed by atoms with Crippen molar-refractivity contribution in [2.24, 2.45) is 0 Å². The maximum Gasteiger partial charge on any atom is 0.320 e. The molecular formula is C36H32ClN5O4. The number of likely N-dealkylation sites (tertiary alicyclic amines) is 1. The van der Waals surface area contributed by atoms with Crippen LogP contribution in [0, 0.1) is 18.3 Å². The van der Waals surface area contributed by atoms with Crippen molar-refractivity contribution < 1.29 is 19.4 Å². The molecule has 0 unspecified atom stereocenters. The van der Waals surface area contributed by atoms with Gasteiger partial charge >= 0.3 is 5.97 Å². The number of hydrogen-bond acceptors (Lipinski definition) is 8. The van der Waals surface area contributed by atoms with Crippen LogP contribution in [-0.2, 0) is 24.6 Å². The topological polar surface area (TPSA) is 121 Å². The van der Waals surface area contributed by atoms with Crippen LogP contribution in [0.5, 0.6) is 11.5 Å². The molecule has 0 aliphatic carbocycles. The van der Waals surface area contributed by atoms with Gasteiger partial charge in [0.2, 0.25) is 0 Å². The fourth-order valence-electron chi connectivity index (χ4n) is 5.85. The van der Waals surface area contributed by atoms with Crippen LogP contribution >= 0.6 is 11.6 Å². The number of pyridine rings is 1. The number of aromatic nitrogens is 3. The summed E-state index contributed by atoms with van der Waals surface area (Å²) in [5.41, 5.74) is 7.78. The van der Waals surface area contributed by atoms with Gasteiger partial charge in [-0.25, -0.2) is 0 Å². The first kappa shape index (κ1) is 31.0. The van der Waals surface area contributed by atoms with Crippen LogP contribution in [0.4, 0.5) is 0 Å². The van der Waals surface area contributed by atoms with Gasteiger partial charge in [0.1, 0.15) is 36.8 Å². The molecule has 1 fully saturated rings. The van der Waals surface area contributed by atoms with E-state index in [9.17, 15) is 15.2 Å². The number of carboxylic acids is 1. The van der Waals surface area contributed by atoms with Crippen LogP contribution in [0.1, 0.15) is 47.1 Å². The number of fused-ring (bicyclic) bond motifs is 1. The number of nitrogens with zero attached hydrogens (tertiary/aromatic N) is 5. The van der Waals surface area contributed by atoms with Crippen molar-refractivity contribution in [3.05, 3.63) is 112 Å². The first-order valence-corrected chi connectivity index (χ1v) is 15.5. The van der Waals surface area contributed by atoms with E-state index in [2.05, 4.69) is 34.0 Å². The van der Waals surface area contributed by atoms with Gasteiger partial charge in [-0.3, -0.25) is 24.6 Å². The van der Waals surface area contributed by atoms with E-state index in [1.165, 1.54) is 6.20 Å². The molecule has 1 saturated heterocycles. The highest BCUT2D eigenvalue weighted by atomic mass is 35.5. The van der Waals surface area contributed by atoms with Crippen molar-refractivity contribution in [3.63, 3.8) is 0 Å². The smallest absolute Gasteiger partial charge is 0.320 e. The highest BCUT2D eigenvalue weighted by molar-refractivity contribution is 6.32. The summed E-state index contributed by atoms with van der Waals surface area (Å²) in [4.78, 5) is 26.9. The quantitative estimate of drug-likeness (QED) is 0.171. The van der Waals surface area contributed by atoms with E-state index in [1.807, 2.05) is 35.2 Å². The van der Waals surface area contributed by atoms with Crippen LogP contribution in [-0.4, -0.2) is 43.5 Å². The summed E-state index contributed by atoms with van der Waals surface area (Å²) in [6.07, 6.45) is 8.91. The molecule has 6 rings (SSSR count). The number of aliphatic carboxylic acids is 1. The maximum atomic E-state index is 12.0. The zero-order valence-electron chi connectivity index (χ0n) is 25.3. The number of halogens is 1. The van der Waals surface area contributed by atoms with E-state index < -0.39 is 12.0 Å². The van der Waals surface area contributed by atoms with Gasteiger partial charge in [-0.05, 0) is 72.8 Å². The average molecular weight is 634 g/mol. The largest absolute Gasteiger partial charge is 0.488 e. The van der Waals surface area contributed by atoms with E-state index in [4.69, 9.17) is 21.1 Å². The third kappa shape index (κ3) is 6.94. The van der Waals surface area contributed by atoms with Gasteiger partial charge in [0.05, 0.1) is 21.6 Å². The predicted molar refractivity (Wildman–Crippen MR) is 174 cm³/mol. The lowest BCUT2D eigenvalue weighted by Crippen LogP contribution is -2.44. The SMILES string of the molecule is Cc1c(COc2cc(OCc3cncc(C#N)c3)c(CN3CCCC[C@@H]3C(=O)O)cc2Cl)cccc1-c1ccc2nccnc2c1. The number of rotatable bonds is 10. The summed E-state index contributed by atoms with van der Waals surface area (Å²) >= 11 is 6.79. The number of ether oxygens (including phenoxy) is 2. The molecule has 9 nitrogen and oxygen atoms in total. The van der Waals surface area contributed by atoms with Crippen molar-refractivity contribution >= 4 is 28.6 Å². The molecule has 1 aliphatic heterocycles. The Labute approximate surface area is 272 Å². The second kappa shape index (κ2) is 13.9. The van der Waals surface area contributed by atoms with Crippen LogP contribution in [0.15, 0.2) is 79.4 Å². The second-order valence-corrected chi connectivity index (χ2v) is 11.7. The molecule has 0 spiro atoms. The highest BCUT2D eigenvalue weighted by Gasteiger charge is 2.29. The van der Waals surface area contributed by atoms with Gasteiger partial charge in [-0.2, -0.15) is 5.26 Å². The minimum absolute atomic E-state index is 0.163. The van der Waals surface area contributed by atoms with Crippen LogP contribution in [0.2, 0.25) is 5.02 Å². The number of carbonyl (C=O) groups is 1. The van der Waals surface area contributed by atoms with E-state index in [0.29, 0.717) is 41.6 Å². The zero-order chi connectivity index (χ0) is 32.0. The first-order valence-electron chi connectivity index (χ1n) is 15.1. The molecule has 3 heterocycles. The third-order valence-electron chi connectivity index (χ3n) is 8.31. The lowest BCUT2D eigenvalue weighted by molar-refractivity contribution is -0.144. The van der Waals surface area contributed by atoms with Gasteiger partial charge in [-0.1, -0.05) is 42.3 Å². The fourth-order valence-corrected chi connectivity index (χ4v) is 6.09. The van der Waals surface area contributed by atoms with E-state index >= 15 is 0 Å². The monoisotopic (exact) mass is 633 g/mol. The molecule has 2 aromatic heterocycles. The van der Waals surface area contributed by atoms with Crippen molar-refractivity contribution in [1.29, 1.82) is 5.26 Å². The zero-order valence-corrected chi connectivity index (χ0v) is 26.1. The van der Waals surface area contributed by atoms with E-state index in [0.717, 1.165) is 57.3 Å². The van der Waals surface area contributed by atoms with Crippen molar-refractivity contribution in [2.75, 3.05) is 6.54 Å². The maximum absolute atomic E-state index is 12.0. The Morgan fingerprint density at radius 2 is 1.83 bits per heavy atom. The fraction of sp³-hybridized carbons (Fsp3) is 0.250. The van der Waals surface area contributed by atoms with Gasteiger partial charge < -0.3 is 14.6 Å². The Hall–Kier alpha value is -5.04. The van der Waals surface area contributed by atoms with E-state index in [1.54, 1.807) is 36.8 Å². The Kier molecular flexibility index (Phi) is 9.38. The molecule has 0 radical (unpaired) electrons. The Morgan fingerprint density at radius 1 is 1.00 bits per heavy atom. The molecule has 0 saturated carbocycles. The average Bonchev–Trinajstić information content (AvgIpc) is 3.08. The summed E-state index contributed by atoms with van der Waals surface area (Å²) < 4.78 is 12.6. The number of carboxylic acid groups (broad SMARTS) is 1. The Morgan fingerprint density at radius 3 is 2.65 bits per heavy atom. The number of benzene rings is 3. The van der Waals surface area contributed by atoms with Crippen LogP contribution in [0.3, 0.4) is 0 Å². The predicted octanol–water partition coefficient (Wildman–Crippen LogP) is 7.12. The third-order valence-corrected chi connectivity index (χ3v) is 8.61. The van der Waals surface area contributed by atoms with Crippen LogP contribution in [0.25, 0.3) is 22.2 Å². The number of piperidine rings is 1. The molecule has 232 valence electrons. The molecule has 1 N–H and O–H groups in total. The summed E-state index contributed by atoms with van der Waals surface area (Å²) in [7, 11) is 0. The minimum Gasteiger partial charge on any atom is -0.488 e. The molecule has 46 heavy (non-hydrogen) atoms. The normalized spacial score (nSPS) is 14.9. The van der Waals surface area contributed by atoms with Gasteiger partial charge in [0, 0.05) is 48.5 Å². The second-order valence-electron chi connectivity index (χ2n) is 11.3. The molecular weight excluding hydrogens is 602 g/mol. The number of nitriles is 1. The summed E-state index contributed by atoms with van der Waals surface area (Å²) in [6, 6.07) is 19.0. The van der Waals surface area contributed by atoms with Gasteiger partial charge in [0.25, 0.3) is 0 Å². The summed E-state index contributed by atoms with van der Waals surface area (Å²) in [5.74, 6) is 0.143. The number of hydrogen-bond donors (Lipinski definition) is 1. The highest BCUT2D eigenvalue weighted by Crippen LogP contribution is 2.36. The summed E-state index contributed by atoms with van der Waals surface area (Å²) in [5, 5.41) is 19.5. The minimum atomic E-state index is -0.832. The molecule has 0 bridgehead atoms. The summed E-state index contributed by atoms with van der Waals surface area (Å²) in [6.45, 7) is 3.53. The van der Waals surface area contributed by atoms with Crippen molar-refractivity contribution in [3.8, 4) is 28.7 Å².